The Morgan fingerprint density at radius 1 is 1.35 bits per heavy atom. The molecular weight excluding hydrogens is 250 g/mol. The Kier molecular flexibility index (Phi) is 7.02. The largest absolute Gasteiger partial charge is 0.313 e. The van der Waals surface area contributed by atoms with E-state index in [9.17, 15) is 0 Å². The molecule has 96 valence electrons. The van der Waals surface area contributed by atoms with E-state index < -0.39 is 0 Å². The Morgan fingerprint density at radius 3 is 2.71 bits per heavy atom. The number of benzene rings is 1. The molecule has 1 rings (SSSR count). The molecule has 0 bridgehead atoms. The van der Waals surface area contributed by atoms with Crippen molar-refractivity contribution in [2.45, 2.75) is 38.1 Å². The predicted molar refractivity (Wildman–Crippen MR) is 79.1 cm³/mol. The van der Waals surface area contributed by atoms with E-state index in [0.717, 1.165) is 17.3 Å². The van der Waals surface area contributed by atoms with E-state index in [0.29, 0.717) is 12.0 Å². The zero-order valence-corrected chi connectivity index (χ0v) is 12.4. The number of thioether (sulfide) groups is 1. The van der Waals surface area contributed by atoms with Crippen LogP contribution >= 0.6 is 23.4 Å². The van der Waals surface area contributed by atoms with Crippen LogP contribution in [-0.4, -0.2) is 18.3 Å². The Hall–Kier alpha value is -0.180. The molecule has 0 aliphatic heterocycles. The van der Waals surface area contributed by atoms with Gasteiger partial charge in [0.05, 0.1) is 0 Å². The van der Waals surface area contributed by atoms with Crippen LogP contribution in [-0.2, 0) is 0 Å². The molecule has 3 heteroatoms. The van der Waals surface area contributed by atoms with E-state index in [1.54, 1.807) is 0 Å². The normalized spacial score (nSPS) is 14.6. The lowest BCUT2D eigenvalue weighted by molar-refractivity contribution is 0.404. The number of halogens is 1. The molecule has 0 amide bonds. The van der Waals surface area contributed by atoms with Crippen LogP contribution in [0.2, 0.25) is 5.02 Å². The maximum atomic E-state index is 5.98. The first-order valence-corrected chi connectivity index (χ1v) is 7.65. The van der Waals surface area contributed by atoms with Crippen molar-refractivity contribution in [1.82, 2.24) is 5.32 Å². The molecule has 0 heterocycles. The summed E-state index contributed by atoms with van der Waals surface area (Å²) in [5, 5.41) is 4.38. The van der Waals surface area contributed by atoms with Gasteiger partial charge in [-0.2, -0.15) is 0 Å². The fourth-order valence-electron chi connectivity index (χ4n) is 1.71. The second-order valence-electron chi connectivity index (χ2n) is 4.32. The third-order valence-electron chi connectivity index (χ3n) is 3.02. The minimum Gasteiger partial charge on any atom is -0.313 e. The van der Waals surface area contributed by atoms with Crippen molar-refractivity contribution in [3.05, 3.63) is 29.3 Å². The molecule has 1 aromatic rings. The van der Waals surface area contributed by atoms with Crippen LogP contribution in [0.3, 0.4) is 0 Å². The summed E-state index contributed by atoms with van der Waals surface area (Å²) >= 11 is 7.86. The molecule has 1 N–H and O–H groups in total. The number of nitrogens with one attached hydrogen (secondary N) is 1. The number of hydrogen-bond acceptors (Lipinski definition) is 2. The van der Waals surface area contributed by atoms with Crippen LogP contribution < -0.4 is 5.32 Å². The van der Waals surface area contributed by atoms with E-state index in [1.807, 2.05) is 30.0 Å². The first-order valence-electron chi connectivity index (χ1n) is 6.29. The van der Waals surface area contributed by atoms with Gasteiger partial charge in [0, 0.05) is 21.7 Å². The highest BCUT2D eigenvalue weighted by Crippen LogP contribution is 2.24. The average molecular weight is 272 g/mol. The van der Waals surface area contributed by atoms with Crippen molar-refractivity contribution < 1.29 is 0 Å². The summed E-state index contributed by atoms with van der Waals surface area (Å²) in [4.78, 5) is 1.25. The summed E-state index contributed by atoms with van der Waals surface area (Å²) in [6.45, 7) is 7.76. The monoisotopic (exact) mass is 271 g/mol. The molecular formula is C14H22ClNS. The maximum absolute atomic E-state index is 5.98. The van der Waals surface area contributed by atoms with Crippen molar-refractivity contribution in [1.29, 1.82) is 0 Å². The first-order chi connectivity index (χ1) is 8.17. The molecule has 0 spiro atoms. The molecule has 0 aliphatic carbocycles. The second kappa shape index (κ2) is 8.02. The van der Waals surface area contributed by atoms with Crippen molar-refractivity contribution >= 4 is 23.4 Å². The van der Waals surface area contributed by atoms with Gasteiger partial charge in [0.25, 0.3) is 0 Å². The Balaban J connectivity index is 2.51. The molecule has 2 unspecified atom stereocenters. The van der Waals surface area contributed by atoms with Crippen LogP contribution in [0, 0.1) is 5.92 Å². The van der Waals surface area contributed by atoms with E-state index in [1.165, 1.54) is 11.3 Å². The van der Waals surface area contributed by atoms with Crippen LogP contribution in [0.25, 0.3) is 0 Å². The zero-order chi connectivity index (χ0) is 12.7. The van der Waals surface area contributed by atoms with Crippen LogP contribution in [0.15, 0.2) is 29.2 Å². The van der Waals surface area contributed by atoms with Gasteiger partial charge in [0.15, 0.2) is 0 Å². The van der Waals surface area contributed by atoms with Crippen molar-refractivity contribution in [3.8, 4) is 0 Å². The van der Waals surface area contributed by atoms with Crippen LogP contribution in [0.5, 0.6) is 0 Å². The average Bonchev–Trinajstić information content (AvgIpc) is 2.33. The molecule has 1 nitrogen and oxygen atoms in total. The van der Waals surface area contributed by atoms with E-state index in [4.69, 9.17) is 11.6 Å². The minimum atomic E-state index is 0.578. The first kappa shape index (κ1) is 14.9. The third-order valence-corrected chi connectivity index (χ3v) is 4.37. The van der Waals surface area contributed by atoms with Crippen molar-refractivity contribution in [2.75, 3.05) is 12.3 Å². The summed E-state index contributed by atoms with van der Waals surface area (Å²) < 4.78 is 0. The molecule has 0 saturated heterocycles. The molecule has 2 atom stereocenters. The number of rotatable bonds is 7. The van der Waals surface area contributed by atoms with Gasteiger partial charge in [-0.05, 0) is 30.7 Å². The smallest absolute Gasteiger partial charge is 0.0417 e. The summed E-state index contributed by atoms with van der Waals surface area (Å²) in [5.74, 6) is 1.81. The second-order valence-corrected chi connectivity index (χ2v) is 5.85. The summed E-state index contributed by atoms with van der Waals surface area (Å²) in [6.07, 6.45) is 1.22. The highest BCUT2D eigenvalue weighted by Gasteiger charge is 2.14. The zero-order valence-electron chi connectivity index (χ0n) is 10.9. The molecule has 0 radical (unpaired) electrons. The van der Waals surface area contributed by atoms with Gasteiger partial charge in [-0.25, -0.2) is 0 Å². The summed E-state index contributed by atoms with van der Waals surface area (Å²) in [7, 11) is 0. The van der Waals surface area contributed by atoms with Crippen LogP contribution in [0.1, 0.15) is 27.2 Å². The van der Waals surface area contributed by atoms with Gasteiger partial charge >= 0.3 is 0 Å². The fraction of sp³-hybridized carbons (Fsp3) is 0.571. The van der Waals surface area contributed by atoms with Gasteiger partial charge < -0.3 is 5.32 Å². The lowest BCUT2D eigenvalue weighted by atomic mass is 10.0. The third kappa shape index (κ3) is 5.33. The summed E-state index contributed by atoms with van der Waals surface area (Å²) in [6, 6.07) is 8.66. The van der Waals surface area contributed by atoms with Gasteiger partial charge in [-0.15, -0.1) is 11.8 Å². The minimum absolute atomic E-state index is 0.578. The van der Waals surface area contributed by atoms with Gasteiger partial charge in [0.2, 0.25) is 0 Å². The van der Waals surface area contributed by atoms with Crippen molar-refractivity contribution in [3.63, 3.8) is 0 Å². The van der Waals surface area contributed by atoms with E-state index in [-0.39, 0.29) is 0 Å². The molecule has 0 aromatic heterocycles. The van der Waals surface area contributed by atoms with Crippen molar-refractivity contribution in [2.24, 2.45) is 5.92 Å². The standard InChI is InChI=1S/C14H22ClNS/c1-4-11(3)14(16-5-2)10-17-13-8-6-7-12(15)9-13/h6-9,11,14,16H,4-5,10H2,1-3H3. The fourth-order valence-corrected chi connectivity index (χ4v) is 3.17. The Bertz CT molecular complexity index is 330. The quantitative estimate of drug-likeness (QED) is 0.735. The molecule has 0 saturated carbocycles. The predicted octanol–water partition coefficient (Wildman–Crippen LogP) is 4.46. The molecule has 0 fully saturated rings. The Morgan fingerprint density at radius 2 is 2.12 bits per heavy atom. The Labute approximate surface area is 114 Å². The highest BCUT2D eigenvalue weighted by molar-refractivity contribution is 7.99. The van der Waals surface area contributed by atoms with E-state index in [2.05, 4.69) is 32.2 Å². The van der Waals surface area contributed by atoms with Crippen LogP contribution in [0.4, 0.5) is 0 Å². The van der Waals surface area contributed by atoms with Gasteiger partial charge in [-0.1, -0.05) is 44.9 Å². The SMILES string of the molecule is CCNC(CSc1cccc(Cl)c1)C(C)CC. The van der Waals surface area contributed by atoms with E-state index >= 15 is 0 Å². The van der Waals surface area contributed by atoms with Gasteiger partial charge in [-0.3, -0.25) is 0 Å². The highest BCUT2D eigenvalue weighted by atomic mass is 35.5. The maximum Gasteiger partial charge on any atom is 0.0417 e. The lowest BCUT2D eigenvalue weighted by Gasteiger charge is -2.23. The topological polar surface area (TPSA) is 12.0 Å². The van der Waals surface area contributed by atoms with Gasteiger partial charge in [0.1, 0.15) is 0 Å². The molecule has 17 heavy (non-hydrogen) atoms. The summed E-state index contributed by atoms with van der Waals surface area (Å²) in [5.41, 5.74) is 0. The number of hydrogen-bond donors (Lipinski definition) is 1. The molecule has 0 aliphatic rings. The lowest BCUT2D eigenvalue weighted by Crippen LogP contribution is -2.36. The molecule has 1 aromatic carbocycles.